The number of aromatic nitrogens is 3. The van der Waals surface area contributed by atoms with Crippen LogP contribution in [0.15, 0.2) is 42.9 Å². The molecule has 2 aliphatic rings. The van der Waals surface area contributed by atoms with E-state index in [-0.39, 0.29) is 5.60 Å². The van der Waals surface area contributed by atoms with Gasteiger partial charge in [-0.25, -0.2) is 9.97 Å². The van der Waals surface area contributed by atoms with Gasteiger partial charge in [0.05, 0.1) is 32.1 Å². The molecule has 2 aromatic heterocycles. The summed E-state index contributed by atoms with van der Waals surface area (Å²) in [7, 11) is 0. The predicted molar refractivity (Wildman–Crippen MR) is 93.3 cm³/mol. The van der Waals surface area contributed by atoms with Gasteiger partial charge in [0.2, 0.25) is 5.95 Å². The molecule has 2 saturated heterocycles. The minimum absolute atomic E-state index is 0.358. The van der Waals surface area contributed by atoms with E-state index >= 15 is 0 Å². The Kier molecular flexibility index (Phi) is 4.87. The number of anilines is 1. The summed E-state index contributed by atoms with van der Waals surface area (Å²) in [6, 6.07) is 7.87. The fraction of sp³-hybridized carbons (Fsp3) is 0.500. The van der Waals surface area contributed by atoms with Gasteiger partial charge in [0.25, 0.3) is 0 Å². The maximum atomic E-state index is 6.22. The fourth-order valence-corrected chi connectivity index (χ4v) is 3.49. The van der Waals surface area contributed by atoms with Crippen LogP contribution in [0.4, 0.5) is 5.95 Å². The largest absolute Gasteiger partial charge is 0.376 e. The maximum absolute atomic E-state index is 6.22. The van der Waals surface area contributed by atoms with E-state index in [0.29, 0.717) is 19.8 Å². The van der Waals surface area contributed by atoms with Gasteiger partial charge in [0, 0.05) is 44.8 Å². The highest BCUT2D eigenvalue weighted by atomic mass is 16.5. The first-order valence-electron chi connectivity index (χ1n) is 8.69. The first kappa shape index (κ1) is 16.4. The Morgan fingerprint density at radius 3 is 2.68 bits per heavy atom. The number of morpholine rings is 1. The molecule has 4 rings (SSSR count). The van der Waals surface area contributed by atoms with Crippen LogP contribution in [0, 0.1) is 0 Å². The molecule has 2 aliphatic heterocycles. The number of hydrogen-bond acceptors (Lipinski definition) is 7. The second-order valence-electron chi connectivity index (χ2n) is 6.59. The molecule has 1 spiro atoms. The zero-order valence-electron chi connectivity index (χ0n) is 14.3. The van der Waals surface area contributed by atoms with E-state index in [2.05, 4.69) is 30.8 Å². The molecule has 2 fully saturated rings. The van der Waals surface area contributed by atoms with Crippen LogP contribution in [0.5, 0.6) is 0 Å². The minimum atomic E-state index is -0.358. The van der Waals surface area contributed by atoms with Crippen molar-refractivity contribution in [3.05, 3.63) is 48.5 Å². The van der Waals surface area contributed by atoms with Crippen molar-refractivity contribution in [2.45, 2.75) is 12.1 Å². The Morgan fingerprint density at radius 2 is 1.84 bits per heavy atom. The molecular formula is C18H23N5O2. The smallest absolute Gasteiger partial charge is 0.225 e. The van der Waals surface area contributed by atoms with Crippen LogP contribution < -0.4 is 4.90 Å². The quantitative estimate of drug-likeness (QED) is 0.824. The molecular weight excluding hydrogens is 318 g/mol. The van der Waals surface area contributed by atoms with Gasteiger partial charge >= 0.3 is 0 Å². The zero-order valence-corrected chi connectivity index (χ0v) is 14.3. The highest BCUT2D eigenvalue weighted by Crippen LogP contribution is 2.25. The summed E-state index contributed by atoms with van der Waals surface area (Å²) < 4.78 is 12.1. The standard InChI is InChI=1S/C18H23N5O2/c1-2-5-19-16(4-1)12-22-8-11-25-18(13-22)14-23(9-10-24-15-18)17-20-6-3-7-21-17/h1-7H,8-15H2/t18-/m1/s1. The molecule has 0 aromatic carbocycles. The predicted octanol–water partition coefficient (Wildman–Crippen LogP) is 0.979. The Labute approximate surface area is 147 Å². The van der Waals surface area contributed by atoms with Gasteiger partial charge in [0.15, 0.2) is 0 Å². The lowest BCUT2D eigenvalue weighted by molar-refractivity contribution is -0.134. The maximum Gasteiger partial charge on any atom is 0.225 e. The van der Waals surface area contributed by atoms with E-state index in [1.54, 1.807) is 12.4 Å². The number of nitrogens with zero attached hydrogens (tertiary/aromatic N) is 5. The fourth-order valence-electron chi connectivity index (χ4n) is 3.49. The average molecular weight is 341 g/mol. The molecule has 25 heavy (non-hydrogen) atoms. The lowest BCUT2D eigenvalue weighted by Crippen LogP contribution is -2.58. The summed E-state index contributed by atoms with van der Waals surface area (Å²) in [4.78, 5) is 17.8. The first-order chi connectivity index (χ1) is 12.3. The molecule has 0 unspecified atom stereocenters. The Morgan fingerprint density at radius 1 is 0.960 bits per heavy atom. The summed E-state index contributed by atoms with van der Waals surface area (Å²) in [5.41, 5.74) is 0.722. The molecule has 0 N–H and O–H groups in total. The Hall–Kier alpha value is -2.09. The number of pyridine rings is 1. The van der Waals surface area contributed by atoms with Gasteiger partial charge in [0.1, 0.15) is 5.60 Å². The molecule has 0 aliphatic carbocycles. The van der Waals surface area contributed by atoms with Gasteiger partial charge in [-0.05, 0) is 18.2 Å². The molecule has 0 bridgehead atoms. The third kappa shape index (κ3) is 3.95. The molecule has 1 atom stereocenters. The van der Waals surface area contributed by atoms with Gasteiger partial charge in [-0.2, -0.15) is 0 Å². The third-order valence-electron chi connectivity index (χ3n) is 4.62. The van der Waals surface area contributed by atoms with Crippen LogP contribution in [0.2, 0.25) is 0 Å². The van der Waals surface area contributed by atoms with E-state index in [9.17, 15) is 0 Å². The van der Waals surface area contributed by atoms with Gasteiger partial charge in [-0.3, -0.25) is 9.88 Å². The summed E-state index contributed by atoms with van der Waals surface area (Å²) in [6.07, 6.45) is 5.39. The lowest BCUT2D eigenvalue weighted by atomic mass is 10.0. The zero-order chi connectivity index (χ0) is 17.0. The topological polar surface area (TPSA) is 63.6 Å². The van der Waals surface area contributed by atoms with Crippen molar-refractivity contribution in [2.24, 2.45) is 0 Å². The van der Waals surface area contributed by atoms with Crippen molar-refractivity contribution in [3.8, 4) is 0 Å². The second kappa shape index (κ2) is 7.43. The highest BCUT2D eigenvalue weighted by molar-refractivity contribution is 5.30. The monoisotopic (exact) mass is 341 g/mol. The average Bonchev–Trinajstić information content (AvgIpc) is 2.86. The van der Waals surface area contributed by atoms with E-state index in [1.165, 1.54) is 0 Å². The van der Waals surface area contributed by atoms with Crippen molar-refractivity contribution < 1.29 is 9.47 Å². The van der Waals surface area contributed by atoms with Gasteiger partial charge in [-0.15, -0.1) is 0 Å². The van der Waals surface area contributed by atoms with Crippen LogP contribution in [0.25, 0.3) is 0 Å². The number of ether oxygens (including phenoxy) is 2. The highest BCUT2D eigenvalue weighted by Gasteiger charge is 2.40. The van der Waals surface area contributed by atoms with Crippen LogP contribution in [-0.4, -0.2) is 71.5 Å². The van der Waals surface area contributed by atoms with Crippen molar-refractivity contribution >= 4 is 5.95 Å². The van der Waals surface area contributed by atoms with Crippen LogP contribution >= 0.6 is 0 Å². The summed E-state index contributed by atoms with van der Waals surface area (Å²) in [5, 5.41) is 0. The molecule has 0 saturated carbocycles. The molecule has 0 radical (unpaired) electrons. The Bertz CT molecular complexity index is 672. The summed E-state index contributed by atoms with van der Waals surface area (Å²) in [6.45, 7) is 5.99. The van der Waals surface area contributed by atoms with Crippen molar-refractivity contribution in [2.75, 3.05) is 50.9 Å². The summed E-state index contributed by atoms with van der Waals surface area (Å²) >= 11 is 0. The van der Waals surface area contributed by atoms with Crippen molar-refractivity contribution in [1.82, 2.24) is 19.9 Å². The molecule has 132 valence electrons. The van der Waals surface area contributed by atoms with Crippen LogP contribution in [-0.2, 0) is 16.0 Å². The SMILES string of the molecule is c1ccc(CN2CCO[C@]3(COCCN(c4ncccn4)C3)C2)nc1. The van der Waals surface area contributed by atoms with Crippen molar-refractivity contribution in [3.63, 3.8) is 0 Å². The van der Waals surface area contributed by atoms with E-state index in [0.717, 1.165) is 44.4 Å². The third-order valence-corrected chi connectivity index (χ3v) is 4.62. The molecule has 7 heteroatoms. The van der Waals surface area contributed by atoms with Crippen LogP contribution in [0.1, 0.15) is 5.69 Å². The minimum Gasteiger partial charge on any atom is -0.376 e. The molecule has 7 nitrogen and oxygen atoms in total. The van der Waals surface area contributed by atoms with E-state index in [4.69, 9.17) is 9.47 Å². The van der Waals surface area contributed by atoms with Gasteiger partial charge < -0.3 is 14.4 Å². The second-order valence-corrected chi connectivity index (χ2v) is 6.59. The van der Waals surface area contributed by atoms with Crippen LogP contribution in [0.3, 0.4) is 0 Å². The molecule has 0 amide bonds. The number of hydrogen-bond donors (Lipinski definition) is 0. The van der Waals surface area contributed by atoms with Crippen molar-refractivity contribution in [1.29, 1.82) is 0 Å². The Balaban J connectivity index is 1.49. The lowest BCUT2D eigenvalue weighted by Gasteiger charge is -2.43. The summed E-state index contributed by atoms with van der Waals surface area (Å²) in [5.74, 6) is 0.734. The van der Waals surface area contributed by atoms with E-state index < -0.39 is 0 Å². The molecule has 4 heterocycles. The first-order valence-corrected chi connectivity index (χ1v) is 8.69. The normalized spacial score (nSPS) is 25.0. The molecule has 2 aromatic rings. The number of rotatable bonds is 3. The van der Waals surface area contributed by atoms with Gasteiger partial charge in [-0.1, -0.05) is 6.07 Å². The van der Waals surface area contributed by atoms with E-state index in [1.807, 2.05) is 24.4 Å².